The van der Waals surface area contributed by atoms with Gasteiger partial charge in [-0.2, -0.15) is 0 Å². The maximum atomic E-state index is 12.3. The van der Waals surface area contributed by atoms with Gasteiger partial charge < -0.3 is 15.2 Å². The molecule has 0 saturated carbocycles. The van der Waals surface area contributed by atoms with Crippen LogP contribution in [0.25, 0.3) is 0 Å². The van der Waals surface area contributed by atoms with Crippen LogP contribution in [0.2, 0.25) is 0 Å². The van der Waals surface area contributed by atoms with E-state index in [9.17, 15) is 14.7 Å². The van der Waals surface area contributed by atoms with E-state index in [1.807, 2.05) is 0 Å². The first-order chi connectivity index (χ1) is 9.30. The lowest BCUT2D eigenvalue weighted by Crippen LogP contribution is -2.57. The van der Waals surface area contributed by atoms with Crippen molar-refractivity contribution in [3.63, 3.8) is 0 Å². The average molecular weight is 278 g/mol. The summed E-state index contributed by atoms with van der Waals surface area (Å²) < 4.78 is 5.57. The number of anilines is 1. The third kappa shape index (κ3) is 2.68. The van der Waals surface area contributed by atoms with Gasteiger partial charge in [-0.25, -0.2) is 4.79 Å². The summed E-state index contributed by atoms with van der Waals surface area (Å²) in [5.41, 5.74) is -0.146. The normalized spacial score (nSPS) is 18.4. The van der Waals surface area contributed by atoms with Crippen molar-refractivity contribution in [2.24, 2.45) is 0 Å². The molecule has 1 unspecified atom stereocenters. The smallest absolute Gasteiger partial charge is 0.408 e. The van der Waals surface area contributed by atoms with Gasteiger partial charge in [0.1, 0.15) is 18.4 Å². The van der Waals surface area contributed by atoms with E-state index in [4.69, 9.17) is 4.74 Å². The van der Waals surface area contributed by atoms with Crippen LogP contribution >= 0.6 is 0 Å². The van der Waals surface area contributed by atoms with Gasteiger partial charge in [-0.3, -0.25) is 9.69 Å². The van der Waals surface area contributed by atoms with Gasteiger partial charge in [-0.05, 0) is 32.9 Å². The van der Waals surface area contributed by atoms with Crippen molar-refractivity contribution in [3.05, 3.63) is 24.3 Å². The summed E-state index contributed by atoms with van der Waals surface area (Å²) in [7, 11) is 0. The molecule has 1 aromatic rings. The van der Waals surface area contributed by atoms with Gasteiger partial charge in [0.15, 0.2) is 0 Å². The number of hydrogen-bond donors (Lipinski definition) is 2. The van der Waals surface area contributed by atoms with Crippen LogP contribution in [-0.2, 0) is 4.79 Å². The van der Waals surface area contributed by atoms with E-state index in [0.29, 0.717) is 11.4 Å². The minimum Gasteiger partial charge on any atom is -0.489 e. The molecule has 2 N–H and O–H groups in total. The highest BCUT2D eigenvalue weighted by Gasteiger charge is 2.39. The lowest BCUT2D eigenvalue weighted by Gasteiger charge is -2.37. The zero-order valence-electron chi connectivity index (χ0n) is 11.7. The highest BCUT2D eigenvalue weighted by atomic mass is 16.5. The molecule has 1 aliphatic heterocycles. The lowest BCUT2D eigenvalue weighted by molar-refractivity contribution is -0.123. The molecule has 0 saturated heterocycles. The summed E-state index contributed by atoms with van der Waals surface area (Å²) in [4.78, 5) is 24.9. The molecule has 108 valence electrons. The van der Waals surface area contributed by atoms with Crippen molar-refractivity contribution < 1.29 is 19.4 Å². The molecule has 6 nitrogen and oxygen atoms in total. The number of carboxylic acid groups (broad SMARTS) is 1. The summed E-state index contributed by atoms with van der Waals surface area (Å²) in [6.45, 7) is 5.22. The molecule has 0 spiro atoms. The van der Waals surface area contributed by atoms with Gasteiger partial charge >= 0.3 is 6.09 Å². The highest BCUT2D eigenvalue weighted by molar-refractivity contribution is 5.98. The van der Waals surface area contributed by atoms with Crippen molar-refractivity contribution in [1.82, 2.24) is 4.90 Å². The Kier molecular flexibility index (Phi) is 3.57. The molecule has 20 heavy (non-hydrogen) atoms. The standard InChI is InChI=1S/C14H18N2O4/c1-14(2,3)16(13(18)19)10-8-20-11-7-5-4-6-9(11)15-12(10)17/h4-7,10H,8H2,1-3H3,(H,15,17)(H,18,19). The van der Waals surface area contributed by atoms with E-state index < -0.39 is 17.7 Å². The van der Waals surface area contributed by atoms with Gasteiger partial charge in [0.25, 0.3) is 5.91 Å². The number of rotatable bonds is 1. The first kappa shape index (κ1) is 14.2. The van der Waals surface area contributed by atoms with E-state index in [1.54, 1.807) is 45.0 Å². The summed E-state index contributed by atoms with van der Waals surface area (Å²) in [5, 5.41) is 12.1. The Morgan fingerprint density at radius 3 is 2.65 bits per heavy atom. The van der Waals surface area contributed by atoms with Gasteiger partial charge in [-0.15, -0.1) is 0 Å². The van der Waals surface area contributed by atoms with Crippen LogP contribution < -0.4 is 10.1 Å². The van der Waals surface area contributed by atoms with Gasteiger partial charge in [0.2, 0.25) is 0 Å². The zero-order valence-corrected chi connectivity index (χ0v) is 11.7. The van der Waals surface area contributed by atoms with Crippen molar-refractivity contribution in [2.45, 2.75) is 32.4 Å². The van der Waals surface area contributed by atoms with Gasteiger partial charge in [-0.1, -0.05) is 12.1 Å². The maximum absolute atomic E-state index is 12.3. The number of benzene rings is 1. The molecule has 1 aromatic carbocycles. The number of ether oxygens (including phenoxy) is 1. The topological polar surface area (TPSA) is 78.9 Å². The highest BCUT2D eigenvalue weighted by Crippen LogP contribution is 2.28. The summed E-state index contributed by atoms with van der Waals surface area (Å²) in [6, 6.07) is 6.14. The Morgan fingerprint density at radius 2 is 2.05 bits per heavy atom. The third-order valence-electron chi connectivity index (χ3n) is 3.08. The SMILES string of the molecule is CC(C)(C)N(C(=O)O)C1COc2ccccc2NC1=O. The predicted molar refractivity (Wildman–Crippen MR) is 74.0 cm³/mol. The largest absolute Gasteiger partial charge is 0.489 e. The summed E-state index contributed by atoms with van der Waals surface area (Å²) in [6.07, 6.45) is -1.15. The second-order valence-corrected chi connectivity index (χ2v) is 5.64. The number of amides is 2. The average Bonchev–Trinajstić information content (AvgIpc) is 2.47. The fraction of sp³-hybridized carbons (Fsp3) is 0.429. The molecule has 1 aliphatic rings. The number of nitrogens with one attached hydrogen (secondary N) is 1. The van der Waals surface area contributed by atoms with E-state index in [0.717, 1.165) is 4.90 Å². The molecule has 1 heterocycles. The van der Waals surface area contributed by atoms with Crippen LogP contribution in [0.5, 0.6) is 5.75 Å². The van der Waals surface area contributed by atoms with Crippen molar-refractivity contribution in [1.29, 1.82) is 0 Å². The Balaban J connectivity index is 2.31. The zero-order chi connectivity index (χ0) is 14.9. The predicted octanol–water partition coefficient (Wildman–Crippen LogP) is 2.16. The third-order valence-corrected chi connectivity index (χ3v) is 3.08. The molecule has 0 aliphatic carbocycles. The fourth-order valence-electron chi connectivity index (χ4n) is 2.24. The molecular weight excluding hydrogens is 260 g/mol. The first-order valence-electron chi connectivity index (χ1n) is 6.35. The summed E-state index contributed by atoms with van der Waals surface area (Å²) >= 11 is 0. The number of carbonyl (C=O) groups is 2. The quantitative estimate of drug-likeness (QED) is 0.825. The second kappa shape index (κ2) is 5.03. The number of hydrogen-bond acceptors (Lipinski definition) is 3. The van der Waals surface area contributed by atoms with E-state index >= 15 is 0 Å². The molecular formula is C14H18N2O4. The van der Waals surface area contributed by atoms with Crippen molar-refractivity contribution in [2.75, 3.05) is 11.9 Å². The molecule has 2 amide bonds. The van der Waals surface area contributed by atoms with E-state index in [1.165, 1.54) is 0 Å². The van der Waals surface area contributed by atoms with Crippen LogP contribution in [0.3, 0.4) is 0 Å². The van der Waals surface area contributed by atoms with Crippen LogP contribution in [-0.4, -0.2) is 40.2 Å². The Labute approximate surface area is 117 Å². The number of fused-ring (bicyclic) bond motifs is 1. The minimum atomic E-state index is -1.15. The minimum absolute atomic E-state index is 0.00752. The molecule has 0 bridgehead atoms. The monoisotopic (exact) mass is 278 g/mol. The first-order valence-corrected chi connectivity index (χ1v) is 6.35. The van der Waals surface area contributed by atoms with Crippen LogP contribution in [0.15, 0.2) is 24.3 Å². The number of para-hydroxylation sites is 2. The van der Waals surface area contributed by atoms with Crippen LogP contribution in [0.4, 0.5) is 10.5 Å². The van der Waals surface area contributed by atoms with Crippen molar-refractivity contribution in [3.8, 4) is 5.75 Å². The molecule has 1 atom stereocenters. The summed E-state index contributed by atoms with van der Waals surface area (Å²) in [5.74, 6) is 0.162. The number of nitrogens with zero attached hydrogens (tertiary/aromatic N) is 1. The van der Waals surface area contributed by atoms with Crippen LogP contribution in [0, 0.1) is 0 Å². The van der Waals surface area contributed by atoms with Gasteiger partial charge in [0.05, 0.1) is 5.69 Å². The molecule has 2 rings (SSSR count). The molecule has 0 radical (unpaired) electrons. The molecule has 6 heteroatoms. The second-order valence-electron chi connectivity index (χ2n) is 5.64. The fourth-order valence-corrected chi connectivity index (χ4v) is 2.24. The van der Waals surface area contributed by atoms with Crippen molar-refractivity contribution >= 4 is 17.7 Å². The Hall–Kier alpha value is -2.24. The Morgan fingerprint density at radius 1 is 1.40 bits per heavy atom. The lowest BCUT2D eigenvalue weighted by atomic mass is 10.0. The van der Waals surface area contributed by atoms with E-state index in [-0.39, 0.29) is 12.5 Å². The van der Waals surface area contributed by atoms with Crippen LogP contribution in [0.1, 0.15) is 20.8 Å². The number of carbonyl (C=O) groups excluding carboxylic acids is 1. The maximum Gasteiger partial charge on any atom is 0.408 e. The van der Waals surface area contributed by atoms with E-state index in [2.05, 4.69) is 5.32 Å². The molecule has 0 aromatic heterocycles. The Bertz CT molecular complexity index is 536. The molecule has 0 fully saturated rings. The van der Waals surface area contributed by atoms with Gasteiger partial charge in [0, 0.05) is 5.54 Å².